The van der Waals surface area contributed by atoms with Crippen LogP contribution in [0.25, 0.3) is 0 Å². The van der Waals surface area contributed by atoms with E-state index in [4.69, 9.17) is 4.74 Å². The molecule has 0 unspecified atom stereocenters. The van der Waals surface area contributed by atoms with Gasteiger partial charge in [0, 0.05) is 12.3 Å². The van der Waals surface area contributed by atoms with Crippen molar-refractivity contribution >= 4 is 17.5 Å². The maximum Gasteiger partial charge on any atom is 0.277 e. The Hall–Kier alpha value is -2.37. The number of benzene rings is 1. The number of hydrazone groups is 1. The standard InChI is InChI=1S/C15H21N3O3/c1-4-16-14(19)9-12(3)17-18-15(20)10-21-13-8-6-5-7-11(13)2/h5-8H,4,9-10H2,1-3H3,(H,16,19)(H,18,20). The second-order valence-corrected chi connectivity index (χ2v) is 4.57. The van der Waals surface area contributed by atoms with Crippen molar-refractivity contribution in [1.29, 1.82) is 0 Å². The Morgan fingerprint density at radius 1 is 1.24 bits per heavy atom. The van der Waals surface area contributed by atoms with Crippen molar-refractivity contribution in [3.05, 3.63) is 29.8 Å². The predicted octanol–water partition coefficient (Wildman–Crippen LogP) is 1.39. The van der Waals surface area contributed by atoms with Crippen LogP contribution in [0.5, 0.6) is 5.75 Å². The number of carbonyl (C=O) groups excluding carboxylic acids is 2. The van der Waals surface area contributed by atoms with Crippen molar-refractivity contribution in [2.45, 2.75) is 27.2 Å². The van der Waals surface area contributed by atoms with Gasteiger partial charge in [0.1, 0.15) is 5.75 Å². The van der Waals surface area contributed by atoms with Crippen LogP contribution in [0.2, 0.25) is 0 Å². The number of aryl methyl sites for hydroxylation is 1. The number of rotatable bonds is 7. The van der Waals surface area contributed by atoms with Crippen LogP contribution in [0.1, 0.15) is 25.8 Å². The maximum absolute atomic E-state index is 11.6. The minimum Gasteiger partial charge on any atom is -0.483 e. The fraction of sp³-hybridized carbons (Fsp3) is 0.400. The second-order valence-electron chi connectivity index (χ2n) is 4.57. The highest BCUT2D eigenvalue weighted by Gasteiger charge is 2.05. The predicted molar refractivity (Wildman–Crippen MR) is 81.2 cm³/mol. The van der Waals surface area contributed by atoms with E-state index in [0.717, 1.165) is 5.56 Å². The zero-order valence-corrected chi connectivity index (χ0v) is 12.6. The van der Waals surface area contributed by atoms with E-state index in [1.165, 1.54) is 0 Å². The lowest BCUT2D eigenvalue weighted by Gasteiger charge is -2.08. The average Bonchev–Trinajstić information content (AvgIpc) is 2.44. The van der Waals surface area contributed by atoms with Crippen molar-refractivity contribution in [3.63, 3.8) is 0 Å². The summed E-state index contributed by atoms with van der Waals surface area (Å²) in [6.45, 7) is 5.88. The smallest absolute Gasteiger partial charge is 0.277 e. The lowest BCUT2D eigenvalue weighted by atomic mass is 10.2. The molecule has 21 heavy (non-hydrogen) atoms. The summed E-state index contributed by atoms with van der Waals surface area (Å²) in [5, 5.41) is 6.52. The molecule has 1 rings (SSSR count). The van der Waals surface area contributed by atoms with Crippen LogP contribution in [0, 0.1) is 6.92 Å². The van der Waals surface area contributed by atoms with Crippen LogP contribution in [0.4, 0.5) is 0 Å². The van der Waals surface area contributed by atoms with E-state index in [-0.39, 0.29) is 24.8 Å². The summed E-state index contributed by atoms with van der Waals surface area (Å²) in [7, 11) is 0. The van der Waals surface area contributed by atoms with Gasteiger partial charge < -0.3 is 10.1 Å². The summed E-state index contributed by atoms with van der Waals surface area (Å²) in [6.07, 6.45) is 0.159. The van der Waals surface area contributed by atoms with Gasteiger partial charge in [-0.05, 0) is 32.4 Å². The van der Waals surface area contributed by atoms with E-state index in [1.54, 1.807) is 13.0 Å². The fourth-order valence-corrected chi connectivity index (χ4v) is 1.58. The zero-order valence-electron chi connectivity index (χ0n) is 12.6. The number of nitrogens with one attached hydrogen (secondary N) is 2. The molecule has 0 radical (unpaired) electrons. The normalized spacial score (nSPS) is 10.9. The molecule has 1 aromatic carbocycles. The van der Waals surface area contributed by atoms with Gasteiger partial charge in [0.2, 0.25) is 5.91 Å². The zero-order chi connectivity index (χ0) is 15.7. The van der Waals surface area contributed by atoms with Gasteiger partial charge in [-0.2, -0.15) is 5.10 Å². The Balaban J connectivity index is 2.37. The first-order valence-electron chi connectivity index (χ1n) is 6.80. The maximum atomic E-state index is 11.6. The molecule has 0 aromatic heterocycles. The van der Waals surface area contributed by atoms with E-state index in [2.05, 4.69) is 15.8 Å². The number of hydrogen-bond donors (Lipinski definition) is 2. The van der Waals surface area contributed by atoms with Crippen molar-refractivity contribution < 1.29 is 14.3 Å². The summed E-state index contributed by atoms with van der Waals surface area (Å²) in [5.41, 5.74) is 3.86. The Kier molecular flexibility index (Phi) is 6.94. The first-order valence-corrected chi connectivity index (χ1v) is 6.80. The molecule has 2 N–H and O–H groups in total. The molecule has 0 bridgehead atoms. The fourth-order valence-electron chi connectivity index (χ4n) is 1.58. The van der Waals surface area contributed by atoms with Crippen LogP contribution >= 0.6 is 0 Å². The van der Waals surface area contributed by atoms with Gasteiger partial charge >= 0.3 is 0 Å². The van der Waals surface area contributed by atoms with Crippen LogP contribution in [0.15, 0.2) is 29.4 Å². The molecule has 0 spiro atoms. The molecule has 0 aliphatic rings. The lowest BCUT2D eigenvalue weighted by Crippen LogP contribution is -2.28. The third-order valence-corrected chi connectivity index (χ3v) is 2.61. The molecule has 0 aliphatic carbocycles. The molecular weight excluding hydrogens is 270 g/mol. The van der Waals surface area contributed by atoms with Crippen LogP contribution in [-0.2, 0) is 9.59 Å². The van der Waals surface area contributed by atoms with Crippen molar-refractivity contribution in [1.82, 2.24) is 10.7 Å². The van der Waals surface area contributed by atoms with Gasteiger partial charge in [-0.25, -0.2) is 5.43 Å². The summed E-state index contributed by atoms with van der Waals surface area (Å²) in [6, 6.07) is 7.44. The number of ether oxygens (including phenoxy) is 1. The number of amides is 2. The molecule has 2 amide bonds. The minimum atomic E-state index is -0.367. The number of carbonyl (C=O) groups is 2. The molecule has 0 heterocycles. The number of hydrogen-bond acceptors (Lipinski definition) is 4. The molecule has 1 aromatic rings. The third kappa shape index (κ3) is 6.56. The SMILES string of the molecule is CCNC(=O)CC(C)=NNC(=O)COc1ccccc1C. The Bertz CT molecular complexity index is 527. The lowest BCUT2D eigenvalue weighted by molar-refractivity contribution is -0.123. The van der Waals surface area contributed by atoms with Crippen LogP contribution in [-0.4, -0.2) is 30.7 Å². The molecule has 0 atom stereocenters. The Morgan fingerprint density at radius 3 is 2.62 bits per heavy atom. The summed E-state index contributed by atoms with van der Waals surface area (Å²) in [4.78, 5) is 22.9. The van der Waals surface area contributed by atoms with Gasteiger partial charge in [0.15, 0.2) is 6.61 Å². The van der Waals surface area contributed by atoms with Gasteiger partial charge in [0.25, 0.3) is 5.91 Å². The van der Waals surface area contributed by atoms with Gasteiger partial charge in [-0.1, -0.05) is 18.2 Å². The van der Waals surface area contributed by atoms with Crippen LogP contribution < -0.4 is 15.5 Å². The topological polar surface area (TPSA) is 79.8 Å². The average molecular weight is 291 g/mol. The highest BCUT2D eigenvalue weighted by atomic mass is 16.5. The molecule has 0 saturated carbocycles. The first-order chi connectivity index (χ1) is 10.0. The molecule has 0 aliphatic heterocycles. The van der Waals surface area contributed by atoms with E-state index in [9.17, 15) is 9.59 Å². The Labute approximate surface area is 124 Å². The molecule has 6 heteroatoms. The monoisotopic (exact) mass is 291 g/mol. The molecule has 6 nitrogen and oxygen atoms in total. The third-order valence-electron chi connectivity index (χ3n) is 2.61. The summed E-state index contributed by atoms with van der Waals surface area (Å²) in [5.74, 6) is 0.174. The van der Waals surface area contributed by atoms with E-state index >= 15 is 0 Å². The highest BCUT2D eigenvalue weighted by Crippen LogP contribution is 2.15. The first kappa shape index (κ1) is 16.7. The molecule has 114 valence electrons. The van der Waals surface area contributed by atoms with Crippen molar-refractivity contribution in [2.75, 3.05) is 13.2 Å². The summed E-state index contributed by atoms with van der Waals surface area (Å²) >= 11 is 0. The van der Waals surface area contributed by atoms with Gasteiger partial charge in [-0.3, -0.25) is 9.59 Å². The highest BCUT2D eigenvalue weighted by molar-refractivity contribution is 6.00. The van der Waals surface area contributed by atoms with E-state index in [1.807, 2.05) is 32.0 Å². The van der Waals surface area contributed by atoms with Crippen LogP contribution in [0.3, 0.4) is 0 Å². The molecule has 0 saturated heterocycles. The van der Waals surface area contributed by atoms with Crippen molar-refractivity contribution in [2.24, 2.45) is 5.10 Å². The van der Waals surface area contributed by atoms with Gasteiger partial charge in [-0.15, -0.1) is 0 Å². The number of nitrogens with zero attached hydrogens (tertiary/aromatic N) is 1. The van der Waals surface area contributed by atoms with Gasteiger partial charge in [0.05, 0.1) is 6.42 Å². The Morgan fingerprint density at radius 2 is 1.95 bits per heavy atom. The largest absolute Gasteiger partial charge is 0.483 e. The van der Waals surface area contributed by atoms with E-state index < -0.39 is 0 Å². The molecule has 0 fully saturated rings. The van der Waals surface area contributed by atoms with Crippen molar-refractivity contribution in [3.8, 4) is 5.75 Å². The number of para-hydroxylation sites is 1. The second kappa shape index (κ2) is 8.73. The van der Waals surface area contributed by atoms with E-state index in [0.29, 0.717) is 18.0 Å². The quantitative estimate of drug-likeness (QED) is 0.588. The molecular formula is C15H21N3O3. The summed E-state index contributed by atoms with van der Waals surface area (Å²) < 4.78 is 5.39. The minimum absolute atomic E-state index is 0.121.